The SMILES string of the molecule is CC(C)(C)c1cc2c(cc1-c1cccc3ccccc13)Cc1cc(-c3cccc4ccccc34)c(C(C)(C)C)cc1-2.[Cl][Zr][Cl]. The zero-order valence-electron chi connectivity index (χ0n) is 26.4. The predicted molar refractivity (Wildman–Crippen MR) is 190 cm³/mol. The van der Waals surface area contributed by atoms with Crippen molar-refractivity contribution < 1.29 is 20.8 Å². The second kappa shape index (κ2) is 12.2. The van der Waals surface area contributed by atoms with Crippen molar-refractivity contribution in [1.82, 2.24) is 0 Å². The Morgan fingerprint density at radius 3 is 1.20 bits per heavy atom. The van der Waals surface area contributed by atoms with Crippen LogP contribution in [-0.4, -0.2) is 0 Å². The van der Waals surface area contributed by atoms with Crippen LogP contribution in [0, 0.1) is 0 Å². The van der Waals surface area contributed by atoms with E-state index in [2.05, 4.69) is 151 Å². The summed E-state index contributed by atoms with van der Waals surface area (Å²) in [5, 5.41) is 5.24. The first-order valence-electron chi connectivity index (χ1n) is 15.3. The second-order valence-electron chi connectivity index (χ2n) is 13.9. The van der Waals surface area contributed by atoms with Crippen LogP contribution in [0.25, 0.3) is 54.9 Å². The van der Waals surface area contributed by atoms with Crippen molar-refractivity contribution in [2.45, 2.75) is 58.8 Å². The molecule has 7 rings (SSSR count). The molecule has 0 nitrogen and oxygen atoms in total. The topological polar surface area (TPSA) is 0 Å². The summed E-state index contributed by atoms with van der Waals surface area (Å²) in [5.41, 5.74) is 13.9. The van der Waals surface area contributed by atoms with Gasteiger partial charge in [-0.3, -0.25) is 0 Å². The van der Waals surface area contributed by atoms with Crippen LogP contribution >= 0.6 is 17.0 Å². The van der Waals surface area contributed by atoms with Gasteiger partial charge in [0.2, 0.25) is 0 Å². The number of benzene rings is 6. The number of hydrogen-bond donors (Lipinski definition) is 0. The summed E-state index contributed by atoms with van der Waals surface area (Å²) in [6.45, 7) is 14.1. The van der Waals surface area contributed by atoms with E-state index in [-0.39, 0.29) is 10.8 Å². The molecule has 0 heterocycles. The molecule has 0 radical (unpaired) electrons. The molecule has 0 N–H and O–H groups in total. The van der Waals surface area contributed by atoms with Gasteiger partial charge in [0.15, 0.2) is 0 Å². The normalized spacial score (nSPS) is 12.5. The van der Waals surface area contributed by atoms with Crippen LogP contribution in [0.1, 0.15) is 63.8 Å². The van der Waals surface area contributed by atoms with E-state index in [0.29, 0.717) is 0 Å². The second-order valence-corrected chi connectivity index (χ2v) is 17.6. The van der Waals surface area contributed by atoms with Crippen molar-refractivity contribution in [3.63, 3.8) is 0 Å². The fourth-order valence-corrected chi connectivity index (χ4v) is 6.90. The van der Waals surface area contributed by atoms with Gasteiger partial charge in [0.05, 0.1) is 0 Å². The van der Waals surface area contributed by atoms with E-state index in [1.54, 1.807) is 0 Å². The number of hydrogen-bond acceptors (Lipinski definition) is 0. The third-order valence-corrected chi connectivity index (χ3v) is 8.93. The Hall–Kier alpha value is -2.70. The Balaban J connectivity index is 0.00000110. The molecule has 0 aromatic heterocycles. The molecule has 220 valence electrons. The van der Waals surface area contributed by atoms with E-state index in [9.17, 15) is 0 Å². The summed E-state index contributed by atoms with van der Waals surface area (Å²) in [7, 11) is 9.87. The van der Waals surface area contributed by atoms with Gasteiger partial charge in [-0.15, -0.1) is 0 Å². The van der Waals surface area contributed by atoms with Crippen LogP contribution in [-0.2, 0) is 38.1 Å². The van der Waals surface area contributed by atoms with E-state index in [1.165, 1.54) is 77.2 Å². The maximum atomic E-state index is 4.93. The standard InChI is InChI=1S/C41H38.2ClH.Zr/c1-40(2,3)38-24-34-28(22-36(38)32-19-11-15-26-13-7-9-17-30(26)32)21-29-23-37(39(25-35(29)34)41(4,5)6)33-20-12-16-27-14-8-10-18-31(27)33;;;/h7-20,22-25H,21H2,1-6H3;2*1H;/q;;;+2/p-2. The summed E-state index contributed by atoms with van der Waals surface area (Å²) in [6, 6.07) is 41.1. The minimum atomic E-state index is -0.826. The summed E-state index contributed by atoms with van der Waals surface area (Å²) in [6.07, 6.45) is 0.967. The first-order valence-corrected chi connectivity index (χ1v) is 21.6. The van der Waals surface area contributed by atoms with Crippen molar-refractivity contribution in [3.05, 3.63) is 131 Å². The van der Waals surface area contributed by atoms with E-state index in [1.807, 2.05) is 0 Å². The molecule has 1 aliphatic rings. The Morgan fingerprint density at radius 1 is 0.455 bits per heavy atom. The van der Waals surface area contributed by atoms with Gasteiger partial charge in [-0.05, 0) is 119 Å². The molecule has 0 saturated heterocycles. The van der Waals surface area contributed by atoms with E-state index >= 15 is 0 Å². The zero-order chi connectivity index (χ0) is 31.2. The molecule has 3 heteroatoms. The summed E-state index contributed by atoms with van der Waals surface area (Å²) < 4.78 is 0. The molecule has 0 atom stereocenters. The first kappa shape index (κ1) is 31.3. The molecule has 6 aromatic rings. The fourth-order valence-electron chi connectivity index (χ4n) is 6.90. The average Bonchev–Trinajstić information content (AvgIpc) is 3.35. The third kappa shape index (κ3) is 5.85. The molecule has 0 amide bonds. The molecule has 0 fully saturated rings. The van der Waals surface area contributed by atoms with Gasteiger partial charge in [0, 0.05) is 0 Å². The van der Waals surface area contributed by atoms with Gasteiger partial charge in [-0.2, -0.15) is 0 Å². The number of fused-ring (bicyclic) bond motifs is 5. The first-order chi connectivity index (χ1) is 21.0. The van der Waals surface area contributed by atoms with E-state index in [0.717, 1.165) is 6.42 Å². The summed E-state index contributed by atoms with van der Waals surface area (Å²) in [4.78, 5) is 0. The van der Waals surface area contributed by atoms with Gasteiger partial charge < -0.3 is 0 Å². The van der Waals surface area contributed by atoms with Crippen LogP contribution < -0.4 is 0 Å². The number of rotatable bonds is 2. The number of halogens is 2. The Bertz CT molecular complexity index is 1850. The molecular weight excluding hydrogens is 655 g/mol. The Kier molecular flexibility index (Phi) is 8.71. The van der Waals surface area contributed by atoms with Crippen LogP contribution in [0.3, 0.4) is 0 Å². The van der Waals surface area contributed by atoms with E-state index < -0.39 is 20.8 Å². The van der Waals surface area contributed by atoms with Gasteiger partial charge >= 0.3 is 37.9 Å². The summed E-state index contributed by atoms with van der Waals surface area (Å²) >= 11 is -0.826. The van der Waals surface area contributed by atoms with Crippen molar-refractivity contribution in [3.8, 4) is 33.4 Å². The monoisotopic (exact) mass is 690 g/mol. The van der Waals surface area contributed by atoms with E-state index in [4.69, 9.17) is 17.0 Å². The molecule has 0 bridgehead atoms. The van der Waals surface area contributed by atoms with Crippen molar-refractivity contribution >= 4 is 38.6 Å². The molecule has 44 heavy (non-hydrogen) atoms. The van der Waals surface area contributed by atoms with Crippen molar-refractivity contribution in [1.29, 1.82) is 0 Å². The molecular formula is C41H38Cl2Zr. The molecule has 0 spiro atoms. The molecule has 0 unspecified atom stereocenters. The van der Waals surface area contributed by atoms with Crippen LogP contribution in [0.15, 0.2) is 109 Å². The Morgan fingerprint density at radius 2 is 0.818 bits per heavy atom. The maximum absolute atomic E-state index is 4.93. The molecule has 0 aliphatic heterocycles. The van der Waals surface area contributed by atoms with Crippen LogP contribution in [0.2, 0.25) is 0 Å². The third-order valence-electron chi connectivity index (χ3n) is 8.93. The van der Waals surface area contributed by atoms with Crippen molar-refractivity contribution in [2.75, 3.05) is 0 Å². The molecule has 6 aromatic carbocycles. The molecule has 0 saturated carbocycles. The molecule has 1 aliphatic carbocycles. The quantitative estimate of drug-likeness (QED) is 0.169. The Labute approximate surface area is 281 Å². The summed E-state index contributed by atoms with van der Waals surface area (Å²) in [5.74, 6) is 0. The van der Waals surface area contributed by atoms with Crippen LogP contribution in [0.5, 0.6) is 0 Å². The minimum absolute atomic E-state index is 0.0137. The predicted octanol–water partition coefficient (Wildman–Crippen LogP) is 12.9. The van der Waals surface area contributed by atoms with Gasteiger partial charge in [-0.1, -0.05) is 126 Å². The van der Waals surface area contributed by atoms with Gasteiger partial charge in [-0.25, -0.2) is 0 Å². The van der Waals surface area contributed by atoms with Gasteiger partial charge in [0.25, 0.3) is 0 Å². The average molecular weight is 693 g/mol. The fraction of sp³-hybridized carbons (Fsp3) is 0.220. The van der Waals surface area contributed by atoms with Gasteiger partial charge in [0.1, 0.15) is 0 Å². The van der Waals surface area contributed by atoms with Crippen molar-refractivity contribution in [2.24, 2.45) is 0 Å². The zero-order valence-corrected chi connectivity index (χ0v) is 30.3. The van der Waals surface area contributed by atoms with Crippen LogP contribution in [0.4, 0.5) is 0 Å².